The lowest BCUT2D eigenvalue weighted by molar-refractivity contribution is -0.134. The van der Waals surface area contributed by atoms with Gasteiger partial charge in [0, 0.05) is 12.6 Å². The standard InChI is InChI=1S/C28H33N3O3/c1-19-10-12-22(13-11-19)29-27(33)28(3)18-30-23(25-9-6-16-34-25)14-15-24(30)26(32)31(28)17-21-8-5-4-7-20(21)2/h4-9,14-16,19,22H,10-13,17-18H2,1-3H3,(H,29,33)/t19?,22?,28-/m1/s1. The second-order valence-electron chi connectivity index (χ2n) is 10.2. The van der Waals surface area contributed by atoms with Crippen LogP contribution in [0.4, 0.5) is 0 Å². The maximum atomic E-state index is 13.9. The third kappa shape index (κ3) is 3.95. The molecule has 1 fully saturated rings. The molecule has 0 unspecified atom stereocenters. The molecule has 1 saturated carbocycles. The first kappa shape index (κ1) is 22.5. The van der Waals surface area contributed by atoms with E-state index in [9.17, 15) is 9.59 Å². The van der Waals surface area contributed by atoms with E-state index in [1.54, 1.807) is 11.2 Å². The molecule has 5 rings (SSSR count). The molecule has 3 heterocycles. The quantitative estimate of drug-likeness (QED) is 0.573. The Morgan fingerprint density at radius 3 is 2.50 bits per heavy atom. The summed E-state index contributed by atoms with van der Waals surface area (Å²) in [5.74, 6) is 1.17. The van der Waals surface area contributed by atoms with Crippen LogP contribution in [0.25, 0.3) is 11.5 Å². The summed E-state index contributed by atoms with van der Waals surface area (Å²) in [7, 11) is 0. The molecule has 1 aromatic carbocycles. The van der Waals surface area contributed by atoms with Crippen molar-refractivity contribution in [2.75, 3.05) is 0 Å². The van der Waals surface area contributed by atoms with Crippen LogP contribution < -0.4 is 5.32 Å². The number of aromatic nitrogens is 1. The molecule has 2 aliphatic rings. The number of hydrogen-bond donors (Lipinski definition) is 1. The molecule has 1 N–H and O–H groups in total. The van der Waals surface area contributed by atoms with Gasteiger partial charge in [-0.2, -0.15) is 0 Å². The summed E-state index contributed by atoms with van der Waals surface area (Å²) in [5, 5.41) is 3.31. The van der Waals surface area contributed by atoms with Gasteiger partial charge in [-0.3, -0.25) is 9.59 Å². The van der Waals surface area contributed by atoms with Gasteiger partial charge >= 0.3 is 0 Å². The van der Waals surface area contributed by atoms with Crippen molar-refractivity contribution < 1.29 is 14.0 Å². The second-order valence-corrected chi connectivity index (χ2v) is 10.2. The molecule has 6 heteroatoms. The third-order valence-corrected chi connectivity index (χ3v) is 7.71. The van der Waals surface area contributed by atoms with Gasteiger partial charge in [-0.25, -0.2) is 0 Å². The van der Waals surface area contributed by atoms with Crippen molar-refractivity contribution in [3.8, 4) is 11.5 Å². The average Bonchev–Trinajstić information content (AvgIpc) is 3.49. The van der Waals surface area contributed by atoms with E-state index in [0.29, 0.717) is 30.5 Å². The van der Waals surface area contributed by atoms with E-state index < -0.39 is 5.54 Å². The van der Waals surface area contributed by atoms with Crippen molar-refractivity contribution in [1.29, 1.82) is 0 Å². The molecule has 3 aromatic rings. The fourth-order valence-corrected chi connectivity index (χ4v) is 5.36. The maximum absolute atomic E-state index is 13.9. The van der Waals surface area contributed by atoms with Crippen LogP contribution in [-0.2, 0) is 17.9 Å². The summed E-state index contributed by atoms with van der Waals surface area (Å²) < 4.78 is 7.57. The number of fused-ring (bicyclic) bond motifs is 1. The Labute approximate surface area is 200 Å². The lowest BCUT2D eigenvalue weighted by atomic mass is 9.86. The van der Waals surface area contributed by atoms with E-state index in [2.05, 4.69) is 12.2 Å². The van der Waals surface area contributed by atoms with Gasteiger partial charge in [-0.15, -0.1) is 0 Å². The number of hydrogen-bond acceptors (Lipinski definition) is 3. The van der Waals surface area contributed by atoms with Gasteiger partial charge in [-0.1, -0.05) is 31.2 Å². The number of nitrogens with zero attached hydrogens (tertiary/aromatic N) is 2. The summed E-state index contributed by atoms with van der Waals surface area (Å²) in [5.41, 5.74) is 2.52. The number of rotatable bonds is 5. The van der Waals surface area contributed by atoms with Crippen molar-refractivity contribution in [2.45, 2.75) is 71.1 Å². The van der Waals surface area contributed by atoms with Gasteiger partial charge in [0.1, 0.15) is 17.0 Å². The van der Waals surface area contributed by atoms with Crippen LogP contribution in [0.1, 0.15) is 61.1 Å². The zero-order chi connectivity index (χ0) is 23.9. The first-order valence-corrected chi connectivity index (χ1v) is 12.3. The molecule has 1 aliphatic heterocycles. The fraction of sp³-hybridized carbons (Fsp3) is 0.429. The predicted molar refractivity (Wildman–Crippen MR) is 131 cm³/mol. The van der Waals surface area contributed by atoms with E-state index in [1.807, 2.05) is 66.9 Å². The SMILES string of the molecule is Cc1ccccc1CN1C(=O)c2ccc(-c3ccco3)n2C[C@]1(C)C(=O)NC1CCC(C)CC1. The molecule has 1 aliphatic carbocycles. The largest absolute Gasteiger partial charge is 0.463 e. The highest BCUT2D eigenvalue weighted by atomic mass is 16.3. The smallest absolute Gasteiger partial charge is 0.271 e. The molecular formula is C28H33N3O3. The van der Waals surface area contributed by atoms with Gasteiger partial charge in [-0.05, 0) is 80.8 Å². The number of carbonyl (C=O) groups is 2. The van der Waals surface area contributed by atoms with Crippen molar-refractivity contribution in [3.05, 3.63) is 71.6 Å². The van der Waals surface area contributed by atoms with Gasteiger partial charge in [0.05, 0.1) is 18.5 Å². The molecule has 1 atom stereocenters. The Morgan fingerprint density at radius 2 is 1.79 bits per heavy atom. The summed E-state index contributed by atoms with van der Waals surface area (Å²) >= 11 is 0. The Bertz CT molecular complexity index is 1190. The normalized spacial score (nSPS) is 24.7. The van der Waals surface area contributed by atoms with E-state index in [0.717, 1.165) is 42.5 Å². The molecule has 6 nitrogen and oxygen atoms in total. The summed E-state index contributed by atoms with van der Waals surface area (Å²) in [6.45, 7) is 6.98. The highest BCUT2D eigenvalue weighted by Crippen LogP contribution is 2.35. The molecule has 0 spiro atoms. The summed E-state index contributed by atoms with van der Waals surface area (Å²) in [4.78, 5) is 29.5. The first-order chi connectivity index (χ1) is 16.4. The molecule has 0 saturated heterocycles. The van der Waals surface area contributed by atoms with Crippen molar-refractivity contribution in [3.63, 3.8) is 0 Å². The number of carbonyl (C=O) groups excluding carboxylic acids is 2. The summed E-state index contributed by atoms with van der Waals surface area (Å²) in [6, 6.07) is 15.7. The number of aryl methyl sites for hydroxylation is 1. The van der Waals surface area contributed by atoms with Crippen LogP contribution >= 0.6 is 0 Å². The van der Waals surface area contributed by atoms with E-state index in [1.165, 1.54) is 0 Å². The Hall–Kier alpha value is -3.28. The maximum Gasteiger partial charge on any atom is 0.271 e. The van der Waals surface area contributed by atoms with Crippen LogP contribution in [0.3, 0.4) is 0 Å². The zero-order valence-corrected chi connectivity index (χ0v) is 20.2. The van der Waals surface area contributed by atoms with Gasteiger partial charge < -0.3 is 19.2 Å². The minimum Gasteiger partial charge on any atom is -0.463 e. The monoisotopic (exact) mass is 459 g/mol. The number of amides is 2. The second kappa shape index (κ2) is 8.82. The lowest BCUT2D eigenvalue weighted by Gasteiger charge is -2.45. The number of nitrogens with one attached hydrogen (secondary N) is 1. The molecule has 2 amide bonds. The molecule has 0 radical (unpaired) electrons. The minimum atomic E-state index is -1.03. The van der Waals surface area contributed by atoms with Crippen molar-refractivity contribution >= 4 is 11.8 Å². The highest BCUT2D eigenvalue weighted by Gasteiger charge is 2.48. The third-order valence-electron chi connectivity index (χ3n) is 7.71. The molecular weight excluding hydrogens is 426 g/mol. The average molecular weight is 460 g/mol. The number of benzene rings is 1. The molecule has 0 bridgehead atoms. The highest BCUT2D eigenvalue weighted by molar-refractivity contribution is 6.00. The fourth-order valence-electron chi connectivity index (χ4n) is 5.36. The Kier molecular flexibility index (Phi) is 5.84. The van der Waals surface area contributed by atoms with Crippen molar-refractivity contribution in [2.24, 2.45) is 5.92 Å². The topological polar surface area (TPSA) is 67.5 Å². The van der Waals surface area contributed by atoms with Crippen LogP contribution in [0.5, 0.6) is 0 Å². The van der Waals surface area contributed by atoms with Crippen LogP contribution in [0.2, 0.25) is 0 Å². The van der Waals surface area contributed by atoms with Crippen LogP contribution in [0, 0.1) is 12.8 Å². The van der Waals surface area contributed by atoms with E-state index >= 15 is 0 Å². The zero-order valence-electron chi connectivity index (χ0n) is 20.2. The van der Waals surface area contributed by atoms with E-state index in [4.69, 9.17) is 4.42 Å². The predicted octanol–water partition coefficient (Wildman–Crippen LogP) is 5.17. The summed E-state index contributed by atoms with van der Waals surface area (Å²) in [6.07, 6.45) is 5.85. The van der Waals surface area contributed by atoms with Crippen LogP contribution in [-0.4, -0.2) is 32.9 Å². The Morgan fingerprint density at radius 1 is 1.06 bits per heavy atom. The minimum absolute atomic E-state index is 0.0845. The van der Waals surface area contributed by atoms with E-state index in [-0.39, 0.29) is 17.9 Å². The van der Waals surface area contributed by atoms with Gasteiger partial charge in [0.25, 0.3) is 5.91 Å². The first-order valence-electron chi connectivity index (χ1n) is 12.3. The molecule has 34 heavy (non-hydrogen) atoms. The van der Waals surface area contributed by atoms with Gasteiger partial charge in [0.15, 0.2) is 0 Å². The lowest BCUT2D eigenvalue weighted by Crippen LogP contribution is -2.64. The van der Waals surface area contributed by atoms with Gasteiger partial charge in [0.2, 0.25) is 5.91 Å². The Balaban J connectivity index is 1.52. The molecule has 2 aromatic heterocycles. The van der Waals surface area contributed by atoms with Crippen molar-refractivity contribution in [1.82, 2.24) is 14.8 Å². The molecule has 178 valence electrons. The number of furan rings is 1. The van der Waals surface area contributed by atoms with Crippen LogP contribution in [0.15, 0.2) is 59.2 Å².